The van der Waals surface area contributed by atoms with E-state index in [1.165, 1.54) is 20.5 Å². The van der Waals surface area contributed by atoms with Crippen molar-refractivity contribution in [3.63, 3.8) is 0 Å². The van der Waals surface area contributed by atoms with Crippen molar-refractivity contribution in [2.24, 2.45) is 0 Å². The third-order valence-corrected chi connectivity index (χ3v) is 6.57. The van der Waals surface area contributed by atoms with Crippen LogP contribution in [0.25, 0.3) is 10.2 Å². The van der Waals surface area contributed by atoms with Gasteiger partial charge in [-0.15, -0.1) is 11.3 Å². The summed E-state index contributed by atoms with van der Waals surface area (Å²) in [6.07, 6.45) is 0. The van der Waals surface area contributed by atoms with E-state index >= 15 is 0 Å². The Labute approximate surface area is 194 Å². The highest BCUT2D eigenvalue weighted by atomic mass is 32.1. The van der Waals surface area contributed by atoms with Crippen molar-refractivity contribution in [3.8, 4) is 5.75 Å². The number of methoxy groups -OCH3 is 1. The van der Waals surface area contributed by atoms with Gasteiger partial charge in [0.1, 0.15) is 17.0 Å². The molecule has 0 atom stereocenters. The lowest BCUT2D eigenvalue weighted by Crippen LogP contribution is -2.42. The van der Waals surface area contributed by atoms with Crippen molar-refractivity contribution in [1.82, 2.24) is 14.5 Å². The number of nitrogens with zero attached hydrogens (tertiary/aromatic N) is 2. The van der Waals surface area contributed by atoms with Crippen LogP contribution in [0.4, 0.5) is 0 Å². The molecule has 0 saturated carbocycles. The molecule has 0 spiro atoms. The molecule has 1 N–H and O–H groups in total. The molecular weight excluding hydrogens is 438 g/mol. The molecule has 0 bridgehead atoms. The highest BCUT2D eigenvalue weighted by molar-refractivity contribution is 7.17. The number of fused-ring (bicyclic) bond motifs is 1. The van der Waals surface area contributed by atoms with Crippen molar-refractivity contribution in [3.05, 3.63) is 97.0 Å². The molecule has 170 valence electrons. The molecule has 0 fully saturated rings. The zero-order valence-electron chi connectivity index (χ0n) is 18.8. The van der Waals surface area contributed by atoms with Crippen molar-refractivity contribution in [2.45, 2.75) is 33.5 Å². The van der Waals surface area contributed by atoms with Crippen LogP contribution in [0.15, 0.2) is 63.5 Å². The predicted octanol–water partition coefficient (Wildman–Crippen LogP) is 3.21. The topological polar surface area (TPSA) is 82.3 Å². The number of ether oxygens (including phenoxy) is 1. The summed E-state index contributed by atoms with van der Waals surface area (Å²) in [5.41, 5.74) is 3.62. The van der Waals surface area contributed by atoms with Gasteiger partial charge in [0.15, 0.2) is 0 Å². The Morgan fingerprint density at radius 2 is 1.82 bits per heavy atom. The molecule has 1 amide bonds. The maximum absolute atomic E-state index is 13.3. The third kappa shape index (κ3) is 4.75. The van der Waals surface area contributed by atoms with Crippen molar-refractivity contribution in [2.75, 3.05) is 7.11 Å². The molecule has 0 aliphatic carbocycles. The zero-order valence-corrected chi connectivity index (χ0v) is 19.6. The number of benzene rings is 2. The predicted molar refractivity (Wildman–Crippen MR) is 130 cm³/mol. The lowest BCUT2D eigenvalue weighted by atomic mass is 10.1. The molecule has 7 nitrogen and oxygen atoms in total. The SMILES string of the molecule is COc1cccc(CNC(=O)Cn2c(=O)n(Cc3ccc(C)c(C)c3)c(=O)c3sccc32)c1. The first-order valence-electron chi connectivity index (χ1n) is 10.5. The van der Waals surface area contributed by atoms with Gasteiger partial charge in [-0.1, -0.05) is 30.3 Å². The summed E-state index contributed by atoms with van der Waals surface area (Å²) < 4.78 is 8.24. The van der Waals surface area contributed by atoms with Crippen LogP contribution in [0.3, 0.4) is 0 Å². The Morgan fingerprint density at radius 3 is 2.58 bits per heavy atom. The number of carbonyl (C=O) groups excluding carboxylic acids is 1. The number of rotatable bonds is 7. The van der Waals surface area contributed by atoms with Crippen LogP contribution in [-0.2, 0) is 24.4 Å². The average molecular weight is 464 g/mol. The van der Waals surface area contributed by atoms with Crippen molar-refractivity contribution in [1.29, 1.82) is 0 Å². The molecule has 0 saturated heterocycles. The minimum atomic E-state index is -0.499. The Kier molecular flexibility index (Phi) is 6.46. The van der Waals surface area contributed by atoms with Crippen LogP contribution in [0.1, 0.15) is 22.3 Å². The maximum atomic E-state index is 13.3. The van der Waals surface area contributed by atoms with Gasteiger partial charge in [0.25, 0.3) is 5.56 Å². The number of aryl methyl sites for hydroxylation is 2. The van der Waals surface area contributed by atoms with Crippen LogP contribution in [0.5, 0.6) is 5.75 Å². The van der Waals surface area contributed by atoms with Gasteiger partial charge in [-0.25, -0.2) is 4.79 Å². The second-order valence-electron chi connectivity index (χ2n) is 7.94. The molecule has 4 aromatic rings. The van der Waals surface area contributed by atoms with Crippen LogP contribution in [0.2, 0.25) is 0 Å². The number of hydrogen-bond donors (Lipinski definition) is 1. The molecule has 4 rings (SSSR count). The van der Waals surface area contributed by atoms with E-state index in [0.717, 1.165) is 22.3 Å². The van der Waals surface area contributed by atoms with Gasteiger partial charge in [0.2, 0.25) is 5.91 Å². The van der Waals surface area contributed by atoms with E-state index in [4.69, 9.17) is 4.74 Å². The first-order valence-corrected chi connectivity index (χ1v) is 11.4. The first-order chi connectivity index (χ1) is 15.9. The van der Waals surface area contributed by atoms with E-state index in [-0.39, 0.29) is 24.6 Å². The molecule has 0 aliphatic rings. The summed E-state index contributed by atoms with van der Waals surface area (Å²) >= 11 is 1.27. The summed E-state index contributed by atoms with van der Waals surface area (Å²) in [4.78, 5) is 39.0. The molecule has 0 radical (unpaired) electrons. The highest BCUT2D eigenvalue weighted by Gasteiger charge is 2.17. The number of aromatic nitrogens is 2. The average Bonchev–Trinajstić information content (AvgIpc) is 3.30. The number of nitrogens with one attached hydrogen (secondary N) is 1. The van der Waals surface area contributed by atoms with Gasteiger partial charge in [0.05, 0.1) is 19.2 Å². The molecule has 2 heterocycles. The normalized spacial score (nSPS) is 11.0. The van der Waals surface area contributed by atoms with E-state index < -0.39 is 5.69 Å². The summed E-state index contributed by atoms with van der Waals surface area (Å²) in [5, 5.41) is 4.60. The molecule has 0 aliphatic heterocycles. The molecule has 2 aromatic heterocycles. The van der Waals surface area contributed by atoms with Crippen LogP contribution in [-0.4, -0.2) is 22.2 Å². The molecule has 8 heteroatoms. The van der Waals surface area contributed by atoms with E-state index in [1.807, 2.05) is 56.3 Å². The summed E-state index contributed by atoms with van der Waals surface area (Å²) in [7, 11) is 1.59. The second kappa shape index (κ2) is 9.46. The van der Waals surface area contributed by atoms with Gasteiger partial charge in [-0.05, 0) is 59.7 Å². The van der Waals surface area contributed by atoms with Gasteiger partial charge < -0.3 is 10.1 Å². The highest BCUT2D eigenvalue weighted by Crippen LogP contribution is 2.16. The van der Waals surface area contributed by atoms with Gasteiger partial charge in [-0.3, -0.25) is 18.7 Å². The van der Waals surface area contributed by atoms with E-state index in [2.05, 4.69) is 5.32 Å². The molecular formula is C25H25N3O4S. The fourth-order valence-corrected chi connectivity index (χ4v) is 4.54. The molecule has 33 heavy (non-hydrogen) atoms. The number of hydrogen-bond acceptors (Lipinski definition) is 5. The lowest BCUT2D eigenvalue weighted by Gasteiger charge is -2.13. The van der Waals surface area contributed by atoms with Gasteiger partial charge in [0, 0.05) is 6.54 Å². The first kappa shape index (κ1) is 22.5. The number of amides is 1. The maximum Gasteiger partial charge on any atom is 0.332 e. The monoisotopic (exact) mass is 463 g/mol. The number of thiophene rings is 1. The molecule has 2 aromatic carbocycles. The number of carbonyl (C=O) groups is 1. The summed E-state index contributed by atoms with van der Waals surface area (Å²) in [6, 6.07) is 15.0. The Morgan fingerprint density at radius 1 is 1.00 bits per heavy atom. The van der Waals surface area contributed by atoms with E-state index in [1.54, 1.807) is 18.6 Å². The van der Waals surface area contributed by atoms with Crippen molar-refractivity contribution >= 4 is 27.5 Å². The minimum absolute atomic E-state index is 0.151. The fraction of sp³-hybridized carbons (Fsp3) is 0.240. The van der Waals surface area contributed by atoms with E-state index in [9.17, 15) is 14.4 Å². The van der Waals surface area contributed by atoms with Crippen LogP contribution >= 0.6 is 11.3 Å². The van der Waals surface area contributed by atoms with Crippen LogP contribution in [0, 0.1) is 13.8 Å². The second-order valence-corrected chi connectivity index (χ2v) is 8.86. The van der Waals surface area contributed by atoms with Gasteiger partial charge >= 0.3 is 5.69 Å². The Bertz CT molecular complexity index is 1450. The van der Waals surface area contributed by atoms with Gasteiger partial charge in [-0.2, -0.15) is 0 Å². The largest absolute Gasteiger partial charge is 0.497 e. The Hall–Kier alpha value is -3.65. The lowest BCUT2D eigenvalue weighted by molar-refractivity contribution is -0.121. The summed E-state index contributed by atoms with van der Waals surface area (Å²) in [6.45, 7) is 4.29. The minimum Gasteiger partial charge on any atom is -0.497 e. The Balaban J connectivity index is 1.62. The summed E-state index contributed by atoms with van der Waals surface area (Å²) in [5.74, 6) is 0.389. The quantitative estimate of drug-likeness (QED) is 0.456. The fourth-order valence-electron chi connectivity index (χ4n) is 3.69. The third-order valence-electron chi connectivity index (χ3n) is 5.67. The van der Waals surface area contributed by atoms with Crippen molar-refractivity contribution < 1.29 is 9.53 Å². The van der Waals surface area contributed by atoms with Crippen LogP contribution < -0.4 is 21.3 Å². The zero-order chi connectivity index (χ0) is 23.5. The standard InChI is InChI=1S/C25H25N3O4S/c1-16-7-8-19(11-17(16)2)14-28-24(30)23-21(9-10-33-23)27(25(28)31)15-22(29)26-13-18-5-4-6-20(12-18)32-3/h4-12H,13-15H2,1-3H3,(H,26,29). The van der Waals surface area contributed by atoms with E-state index in [0.29, 0.717) is 22.5 Å². The smallest absolute Gasteiger partial charge is 0.332 e. The molecule has 0 unspecified atom stereocenters.